The van der Waals surface area contributed by atoms with E-state index in [0.29, 0.717) is 11.8 Å². The van der Waals surface area contributed by atoms with Crippen LogP contribution in [0.4, 0.5) is 0 Å². The number of hydrogen-bond acceptors (Lipinski definition) is 3. The number of nitrogens with one attached hydrogen (secondary N) is 1. The average molecular weight is 337 g/mol. The SMILES string of the molecule is Cc1c(C(=O)N2CCNC(C)C2)oc2ccc(Br)cc12. The molecule has 4 nitrogen and oxygen atoms in total. The van der Waals surface area contributed by atoms with Crippen LogP contribution in [0.1, 0.15) is 23.0 Å². The Morgan fingerprint density at radius 1 is 1.50 bits per heavy atom. The first-order valence-corrected chi connectivity index (χ1v) is 7.57. The maximum Gasteiger partial charge on any atom is 0.289 e. The summed E-state index contributed by atoms with van der Waals surface area (Å²) in [6.07, 6.45) is 0. The Labute approximate surface area is 126 Å². The van der Waals surface area contributed by atoms with Crippen LogP contribution in [0.2, 0.25) is 0 Å². The first kappa shape index (κ1) is 13.6. The smallest absolute Gasteiger partial charge is 0.289 e. The van der Waals surface area contributed by atoms with E-state index < -0.39 is 0 Å². The summed E-state index contributed by atoms with van der Waals surface area (Å²) in [4.78, 5) is 14.5. The van der Waals surface area contributed by atoms with E-state index in [9.17, 15) is 4.79 Å². The lowest BCUT2D eigenvalue weighted by Gasteiger charge is -2.31. The van der Waals surface area contributed by atoms with Gasteiger partial charge in [0.25, 0.3) is 5.91 Å². The second kappa shape index (κ2) is 5.22. The van der Waals surface area contributed by atoms with Crippen molar-refractivity contribution in [1.82, 2.24) is 10.2 Å². The first-order valence-electron chi connectivity index (χ1n) is 6.77. The summed E-state index contributed by atoms with van der Waals surface area (Å²) >= 11 is 3.45. The quantitative estimate of drug-likeness (QED) is 0.870. The van der Waals surface area contributed by atoms with Gasteiger partial charge in [-0.3, -0.25) is 4.79 Å². The molecule has 1 aliphatic rings. The summed E-state index contributed by atoms with van der Waals surface area (Å²) in [7, 11) is 0. The topological polar surface area (TPSA) is 45.5 Å². The molecule has 1 aromatic heterocycles. The summed E-state index contributed by atoms with van der Waals surface area (Å²) in [6.45, 7) is 6.30. The molecule has 3 rings (SSSR count). The van der Waals surface area contributed by atoms with E-state index in [2.05, 4.69) is 28.2 Å². The Bertz CT molecular complexity index is 665. The van der Waals surface area contributed by atoms with Gasteiger partial charge in [0.1, 0.15) is 5.58 Å². The second-order valence-corrected chi connectivity index (χ2v) is 6.22. The Balaban J connectivity index is 1.97. The van der Waals surface area contributed by atoms with Crippen LogP contribution >= 0.6 is 15.9 Å². The zero-order valence-electron chi connectivity index (χ0n) is 11.6. The standard InChI is InChI=1S/C15H17BrN2O2/c1-9-8-18(6-5-17-9)15(19)14-10(2)12-7-11(16)3-4-13(12)20-14/h3-4,7,9,17H,5-6,8H2,1-2H3. The largest absolute Gasteiger partial charge is 0.451 e. The third-order valence-corrected chi connectivity index (χ3v) is 4.24. The van der Waals surface area contributed by atoms with Crippen LogP contribution in [0.25, 0.3) is 11.0 Å². The number of carbonyl (C=O) groups is 1. The van der Waals surface area contributed by atoms with Crippen LogP contribution in [-0.2, 0) is 0 Å². The number of aryl methyl sites for hydroxylation is 1. The number of fused-ring (bicyclic) bond motifs is 1. The molecule has 0 aliphatic carbocycles. The lowest BCUT2D eigenvalue weighted by molar-refractivity contribution is 0.0678. The molecule has 106 valence electrons. The molecule has 2 heterocycles. The van der Waals surface area contributed by atoms with Gasteiger partial charge in [-0.15, -0.1) is 0 Å². The number of piperazine rings is 1. The fourth-order valence-corrected chi connectivity index (χ4v) is 3.02. The number of rotatable bonds is 1. The van der Waals surface area contributed by atoms with Crippen molar-refractivity contribution in [2.75, 3.05) is 19.6 Å². The van der Waals surface area contributed by atoms with Gasteiger partial charge in [0.05, 0.1) is 0 Å². The van der Waals surface area contributed by atoms with Crippen molar-refractivity contribution in [2.45, 2.75) is 19.9 Å². The summed E-state index contributed by atoms with van der Waals surface area (Å²) in [5.74, 6) is 0.454. The molecular formula is C15H17BrN2O2. The number of hydrogen-bond donors (Lipinski definition) is 1. The van der Waals surface area contributed by atoms with Gasteiger partial charge < -0.3 is 14.6 Å². The van der Waals surface area contributed by atoms with Crippen LogP contribution in [0.3, 0.4) is 0 Å². The summed E-state index contributed by atoms with van der Waals surface area (Å²) in [5.41, 5.74) is 1.68. The molecule has 0 radical (unpaired) electrons. The van der Waals surface area contributed by atoms with Crippen LogP contribution in [0, 0.1) is 6.92 Å². The Morgan fingerprint density at radius 2 is 2.30 bits per heavy atom. The summed E-state index contributed by atoms with van der Waals surface area (Å²) in [6, 6.07) is 6.13. The normalized spacial score (nSPS) is 19.6. The highest BCUT2D eigenvalue weighted by Crippen LogP contribution is 2.29. The van der Waals surface area contributed by atoms with Crippen molar-refractivity contribution >= 4 is 32.8 Å². The molecule has 0 spiro atoms. The zero-order valence-corrected chi connectivity index (χ0v) is 13.2. The molecule has 2 aromatic rings. The van der Waals surface area contributed by atoms with E-state index in [-0.39, 0.29) is 5.91 Å². The molecular weight excluding hydrogens is 320 g/mol. The molecule has 1 saturated heterocycles. The second-order valence-electron chi connectivity index (χ2n) is 5.30. The first-order chi connectivity index (χ1) is 9.56. The van der Waals surface area contributed by atoms with E-state index >= 15 is 0 Å². The van der Waals surface area contributed by atoms with E-state index in [1.165, 1.54) is 0 Å². The van der Waals surface area contributed by atoms with Gasteiger partial charge in [0, 0.05) is 41.1 Å². The van der Waals surface area contributed by atoms with Gasteiger partial charge in [-0.2, -0.15) is 0 Å². The van der Waals surface area contributed by atoms with Crippen molar-refractivity contribution < 1.29 is 9.21 Å². The number of amides is 1. The number of carbonyl (C=O) groups excluding carboxylic acids is 1. The van der Waals surface area contributed by atoms with Crippen LogP contribution in [-0.4, -0.2) is 36.5 Å². The fraction of sp³-hybridized carbons (Fsp3) is 0.400. The highest BCUT2D eigenvalue weighted by molar-refractivity contribution is 9.10. The average Bonchev–Trinajstić information content (AvgIpc) is 2.75. The van der Waals surface area contributed by atoms with Crippen molar-refractivity contribution in [3.8, 4) is 0 Å². The van der Waals surface area contributed by atoms with Crippen molar-refractivity contribution in [3.63, 3.8) is 0 Å². The molecule has 1 unspecified atom stereocenters. The Kier molecular flexibility index (Phi) is 3.56. The van der Waals surface area contributed by atoms with Gasteiger partial charge in [0.15, 0.2) is 5.76 Å². The van der Waals surface area contributed by atoms with Crippen LogP contribution < -0.4 is 5.32 Å². The number of benzene rings is 1. The summed E-state index contributed by atoms with van der Waals surface area (Å²) < 4.78 is 6.76. The number of nitrogens with zero attached hydrogens (tertiary/aromatic N) is 1. The van der Waals surface area contributed by atoms with Gasteiger partial charge in [-0.05, 0) is 32.0 Å². The minimum Gasteiger partial charge on any atom is -0.451 e. The lowest BCUT2D eigenvalue weighted by atomic mass is 10.1. The van der Waals surface area contributed by atoms with Gasteiger partial charge >= 0.3 is 0 Å². The van der Waals surface area contributed by atoms with Crippen molar-refractivity contribution in [3.05, 3.63) is 34.0 Å². The van der Waals surface area contributed by atoms with Crippen LogP contribution in [0.15, 0.2) is 27.1 Å². The van der Waals surface area contributed by atoms with E-state index in [1.54, 1.807) is 0 Å². The van der Waals surface area contributed by atoms with Gasteiger partial charge in [-0.25, -0.2) is 0 Å². The molecule has 0 saturated carbocycles. The lowest BCUT2D eigenvalue weighted by Crippen LogP contribution is -2.51. The monoisotopic (exact) mass is 336 g/mol. The predicted octanol–water partition coefficient (Wildman–Crippen LogP) is 2.94. The number of furan rings is 1. The van der Waals surface area contributed by atoms with Crippen LogP contribution in [0.5, 0.6) is 0 Å². The van der Waals surface area contributed by atoms with Crippen molar-refractivity contribution in [2.24, 2.45) is 0 Å². The molecule has 1 N–H and O–H groups in total. The molecule has 20 heavy (non-hydrogen) atoms. The highest BCUT2D eigenvalue weighted by Gasteiger charge is 2.26. The molecule has 1 fully saturated rings. The number of halogens is 1. The van der Waals surface area contributed by atoms with E-state index in [1.807, 2.05) is 30.0 Å². The molecule has 1 aliphatic heterocycles. The van der Waals surface area contributed by atoms with Gasteiger partial charge in [-0.1, -0.05) is 15.9 Å². The fourth-order valence-electron chi connectivity index (χ4n) is 2.66. The van der Waals surface area contributed by atoms with Gasteiger partial charge in [0.2, 0.25) is 0 Å². The van der Waals surface area contributed by atoms with E-state index in [4.69, 9.17) is 4.42 Å². The zero-order chi connectivity index (χ0) is 14.3. The highest BCUT2D eigenvalue weighted by atomic mass is 79.9. The minimum absolute atomic E-state index is 0.0110. The molecule has 5 heteroatoms. The Hall–Kier alpha value is -1.33. The maximum absolute atomic E-state index is 12.6. The molecule has 0 bridgehead atoms. The summed E-state index contributed by atoms with van der Waals surface area (Å²) in [5, 5.41) is 4.33. The predicted molar refractivity (Wildman–Crippen MR) is 82.0 cm³/mol. The molecule has 1 amide bonds. The third kappa shape index (κ3) is 2.36. The van der Waals surface area contributed by atoms with Crippen molar-refractivity contribution in [1.29, 1.82) is 0 Å². The van der Waals surface area contributed by atoms with E-state index in [0.717, 1.165) is 40.6 Å². The third-order valence-electron chi connectivity index (χ3n) is 3.75. The Morgan fingerprint density at radius 3 is 3.05 bits per heavy atom. The molecule has 1 atom stereocenters. The molecule has 1 aromatic carbocycles. The minimum atomic E-state index is -0.0110. The maximum atomic E-state index is 12.6.